The molecule has 0 saturated carbocycles. The first-order chi connectivity index (χ1) is 8.95. The standard InChI is InChI=1S/C15H25N3O/c1-5-8-18(10-9-17(3)4)13-6-7-14(12(2)19)15(16)11-13/h6-7,11H,5,8-10,16H2,1-4H3. The third-order valence-electron chi connectivity index (χ3n) is 3.09. The molecule has 4 nitrogen and oxygen atoms in total. The average Bonchev–Trinajstić information content (AvgIpc) is 2.33. The number of rotatable bonds is 7. The number of nitrogen functional groups attached to an aromatic ring is 1. The molecule has 2 N–H and O–H groups in total. The number of carbonyl (C=O) groups is 1. The maximum absolute atomic E-state index is 11.4. The van der Waals surface area contributed by atoms with Gasteiger partial charge < -0.3 is 15.5 Å². The SMILES string of the molecule is CCCN(CCN(C)C)c1ccc(C(C)=O)c(N)c1. The minimum atomic E-state index is 0.0133. The number of nitrogens with two attached hydrogens (primary N) is 1. The van der Waals surface area contributed by atoms with Gasteiger partial charge in [0.15, 0.2) is 5.78 Å². The lowest BCUT2D eigenvalue weighted by Gasteiger charge is -2.26. The van der Waals surface area contributed by atoms with E-state index in [1.54, 1.807) is 6.92 Å². The molecule has 0 radical (unpaired) electrons. The van der Waals surface area contributed by atoms with Crippen LogP contribution in [-0.4, -0.2) is 44.4 Å². The monoisotopic (exact) mass is 263 g/mol. The number of hydrogen-bond acceptors (Lipinski definition) is 4. The minimum absolute atomic E-state index is 0.0133. The minimum Gasteiger partial charge on any atom is -0.398 e. The lowest BCUT2D eigenvalue weighted by atomic mass is 10.1. The second-order valence-electron chi connectivity index (χ2n) is 5.12. The number of Topliss-reactive ketones (excluding diaryl/α,β-unsaturated/α-hetero) is 1. The fourth-order valence-electron chi connectivity index (χ4n) is 2.03. The number of carbonyl (C=O) groups excluding carboxylic acids is 1. The molecule has 106 valence electrons. The smallest absolute Gasteiger partial charge is 0.161 e. The molecule has 0 aliphatic rings. The summed E-state index contributed by atoms with van der Waals surface area (Å²) in [4.78, 5) is 15.9. The van der Waals surface area contributed by atoms with Crippen molar-refractivity contribution in [2.75, 3.05) is 44.4 Å². The molecule has 1 aromatic carbocycles. The number of likely N-dealkylation sites (N-methyl/N-ethyl adjacent to an activating group) is 1. The number of anilines is 2. The van der Waals surface area contributed by atoms with E-state index in [0.717, 1.165) is 31.7 Å². The van der Waals surface area contributed by atoms with Crippen molar-refractivity contribution in [2.24, 2.45) is 0 Å². The van der Waals surface area contributed by atoms with Gasteiger partial charge in [-0.2, -0.15) is 0 Å². The molecule has 0 unspecified atom stereocenters. The van der Waals surface area contributed by atoms with Crippen molar-refractivity contribution in [3.63, 3.8) is 0 Å². The van der Waals surface area contributed by atoms with Gasteiger partial charge in [0.2, 0.25) is 0 Å². The summed E-state index contributed by atoms with van der Waals surface area (Å²) in [5.74, 6) is 0.0133. The van der Waals surface area contributed by atoms with Crippen LogP contribution in [0.3, 0.4) is 0 Å². The Bertz CT molecular complexity index is 429. The van der Waals surface area contributed by atoms with Crippen LogP contribution in [0.25, 0.3) is 0 Å². The Balaban J connectivity index is 2.90. The molecule has 0 bridgehead atoms. The highest BCUT2D eigenvalue weighted by Crippen LogP contribution is 2.22. The van der Waals surface area contributed by atoms with E-state index in [-0.39, 0.29) is 5.78 Å². The van der Waals surface area contributed by atoms with Crippen molar-refractivity contribution in [3.05, 3.63) is 23.8 Å². The third-order valence-corrected chi connectivity index (χ3v) is 3.09. The zero-order valence-electron chi connectivity index (χ0n) is 12.4. The van der Waals surface area contributed by atoms with E-state index in [4.69, 9.17) is 5.73 Å². The molecule has 0 fully saturated rings. The van der Waals surface area contributed by atoms with Gasteiger partial charge in [0.05, 0.1) is 0 Å². The Morgan fingerprint density at radius 2 is 1.89 bits per heavy atom. The van der Waals surface area contributed by atoms with Crippen molar-refractivity contribution >= 4 is 17.2 Å². The van der Waals surface area contributed by atoms with Gasteiger partial charge in [0, 0.05) is 36.6 Å². The summed E-state index contributed by atoms with van der Waals surface area (Å²) >= 11 is 0. The van der Waals surface area contributed by atoms with E-state index in [2.05, 4.69) is 30.8 Å². The summed E-state index contributed by atoms with van der Waals surface area (Å²) in [5.41, 5.74) is 8.21. The van der Waals surface area contributed by atoms with Crippen LogP contribution in [0.15, 0.2) is 18.2 Å². The predicted octanol–water partition coefficient (Wildman–Crippen LogP) is 2.25. The van der Waals surface area contributed by atoms with Crippen LogP contribution in [-0.2, 0) is 0 Å². The lowest BCUT2D eigenvalue weighted by molar-refractivity contribution is 0.101. The molecule has 0 saturated heterocycles. The normalized spacial score (nSPS) is 10.8. The van der Waals surface area contributed by atoms with Crippen LogP contribution in [0.4, 0.5) is 11.4 Å². The van der Waals surface area contributed by atoms with Crippen molar-refractivity contribution in [3.8, 4) is 0 Å². The maximum atomic E-state index is 11.4. The largest absolute Gasteiger partial charge is 0.398 e. The summed E-state index contributed by atoms with van der Waals surface area (Å²) < 4.78 is 0. The number of benzene rings is 1. The number of hydrogen-bond donors (Lipinski definition) is 1. The van der Waals surface area contributed by atoms with Crippen LogP contribution >= 0.6 is 0 Å². The van der Waals surface area contributed by atoms with Crippen LogP contribution in [0, 0.1) is 0 Å². The summed E-state index contributed by atoms with van der Waals surface area (Å²) in [5, 5.41) is 0. The third kappa shape index (κ3) is 4.56. The molecule has 0 aromatic heterocycles. The van der Waals surface area contributed by atoms with E-state index >= 15 is 0 Å². The molecule has 1 rings (SSSR count). The summed E-state index contributed by atoms with van der Waals surface area (Å²) in [7, 11) is 4.13. The quantitative estimate of drug-likeness (QED) is 0.605. The van der Waals surface area contributed by atoms with E-state index in [1.807, 2.05) is 18.2 Å². The molecule has 0 aliphatic carbocycles. The zero-order chi connectivity index (χ0) is 14.4. The summed E-state index contributed by atoms with van der Waals surface area (Å²) in [6, 6.07) is 5.71. The Hall–Kier alpha value is -1.55. The van der Waals surface area contributed by atoms with Gasteiger partial charge in [-0.15, -0.1) is 0 Å². The van der Waals surface area contributed by atoms with E-state index < -0.39 is 0 Å². The molecule has 0 aliphatic heterocycles. The van der Waals surface area contributed by atoms with Crippen LogP contribution in [0.1, 0.15) is 30.6 Å². The molecule has 0 amide bonds. The molecular formula is C15H25N3O. The number of ketones is 1. The second-order valence-corrected chi connectivity index (χ2v) is 5.12. The van der Waals surface area contributed by atoms with Gasteiger partial charge in [-0.1, -0.05) is 6.92 Å². The fraction of sp³-hybridized carbons (Fsp3) is 0.533. The fourth-order valence-corrected chi connectivity index (χ4v) is 2.03. The van der Waals surface area contributed by atoms with E-state index in [0.29, 0.717) is 11.3 Å². The van der Waals surface area contributed by atoms with Crippen molar-refractivity contribution in [1.82, 2.24) is 4.90 Å². The Morgan fingerprint density at radius 3 is 2.37 bits per heavy atom. The van der Waals surface area contributed by atoms with Gasteiger partial charge in [-0.05, 0) is 45.6 Å². The van der Waals surface area contributed by atoms with Crippen molar-refractivity contribution in [2.45, 2.75) is 20.3 Å². The Kier molecular flexibility index (Phi) is 5.83. The highest BCUT2D eigenvalue weighted by Gasteiger charge is 2.10. The van der Waals surface area contributed by atoms with Crippen molar-refractivity contribution < 1.29 is 4.79 Å². The van der Waals surface area contributed by atoms with Gasteiger partial charge in [-0.3, -0.25) is 4.79 Å². The Morgan fingerprint density at radius 1 is 1.21 bits per heavy atom. The first-order valence-electron chi connectivity index (χ1n) is 6.75. The second kappa shape index (κ2) is 7.14. The maximum Gasteiger partial charge on any atom is 0.161 e. The zero-order valence-corrected chi connectivity index (χ0v) is 12.4. The molecular weight excluding hydrogens is 238 g/mol. The molecule has 4 heteroatoms. The van der Waals surface area contributed by atoms with E-state index in [1.165, 1.54) is 0 Å². The van der Waals surface area contributed by atoms with Gasteiger partial charge >= 0.3 is 0 Å². The molecule has 0 atom stereocenters. The van der Waals surface area contributed by atoms with Crippen LogP contribution < -0.4 is 10.6 Å². The van der Waals surface area contributed by atoms with Gasteiger partial charge in [-0.25, -0.2) is 0 Å². The van der Waals surface area contributed by atoms with Crippen LogP contribution in [0.5, 0.6) is 0 Å². The lowest BCUT2D eigenvalue weighted by Crippen LogP contribution is -2.32. The molecule has 1 aromatic rings. The Labute approximate surface area is 116 Å². The molecule has 0 spiro atoms. The predicted molar refractivity (Wildman–Crippen MR) is 81.9 cm³/mol. The topological polar surface area (TPSA) is 49.6 Å². The van der Waals surface area contributed by atoms with Gasteiger partial charge in [0.25, 0.3) is 0 Å². The highest BCUT2D eigenvalue weighted by molar-refractivity contribution is 5.99. The van der Waals surface area contributed by atoms with Gasteiger partial charge in [0.1, 0.15) is 0 Å². The summed E-state index contributed by atoms with van der Waals surface area (Å²) in [6.07, 6.45) is 1.09. The average molecular weight is 263 g/mol. The number of nitrogens with zero attached hydrogens (tertiary/aromatic N) is 2. The van der Waals surface area contributed by atoms with Crippen LogP contribution in [0.2, 0.25) is 0 Å². The first-order valence-corrected chi connectivity index (χ1v) is 6.75. The van der Waals surface area contributed by atoms with Crippen molar-refractivity contribution in [1.29, 1.82) is 0 Å². The summed E-state index contributed by atoms with van der Waals surface area (Å²) in [6.45, 7) is 6.65. The molecule has 0 heterocycles. The van der Waals surface area contributed by atoms with E-state index in [9.17, 15) is 4.79 Å². The highest BCUT2D eigenvalue weighted by atomic mass is 16.1. The molecule has 19 heavy (non-hydrogen) atoms. The first kappa shape index (κ1) is 15.5.